The highest BCUT2D eigenvalue weighted by atomic mass is 32.1. The summed E-state index contributed by atoms with van der Waals surface area (Å²) in [6.07, 6.45) is 0. The predicted molar refractivity (Wildman–Crippen MR) is 31.3 cm³/mol. The smallest absolute Gasteiger partial charge is 0.291 e. The molecule has 1 aromatic heterocycles. The first-order valence-electron chi connectivity index (χ1n) is 2.06. The number of hydrogen-bond donors (Lipinski definition) is 2. The molecule has 1 amide bonds. The van der Waals surface area contributed by atoms with E-state index in [0.29, 0.717) is 0 Å². The van der Waals surface area contributed by atoms with Crippen LogP contribution < -0.4 is 11.3 Å². The lowest BCUT2D eigenvalue weighted by Gasteiger charge is -1.76. The van der Waals surface area contributed by atoms with E-state index in [2.05, 4.69) is 8.75 Å². The standard InChI is InChI=1S/C3H3N3O2S/c4-2(7)1-3(8)6-9-5-1/h(H2,4,7)(H,6,8). The molecule has 0 spiro atoms. The Hall–Kier alpha value is -1.17. The number of aromatic amines is 1. The Morgan fingerprint density at radius 2 is 2.44 bits per heavy atom. The quantitative estimate of drug-likeness (QED) is 0.527. The van der Waals surface area contributed by atoms with Crippen LogP contribution in [-0.2, 0) is 0 Å². The Morgan fingerprint density at radius 3 is 2.67 bits per heavy atom. The van der Waals surface area contributed by atoms with E-state index in [1.54, 1.807) is 0 Å². The lowest BCUT2D eigenvalue weighted by Crippen LogP contribution is -2.20. The van der Waals surface area contributed by atoms with Gasteiger partial charge in [-0.15, -0.1) is 0 Å². The second kappa shape index (κ2) is 1.98. The van der Waals surface area contributed by atoms with Gasteiger partial charge in [-0.2, -0.15) is 4.37 Å². The third-order valence-corrected chi connectivity index (χ3v) is 1.27. The molecule has 9 heavy (non-hydrogen) atoms. The Morgan fingerprint density at radius 1 is 1.78 bits per heavy atom. The summed E-state index contributed by atoms with van der Waals surface area (Å²) in [7, 11) is 0. The minimum absolute atomic E-state index is 0.222. The van der Waals surface area contributed by atoms with Gasteiger partial charge in [0.1, 0.15) is 0 Å². The Bertz CT molecular complexity index is 275. The summed E-state index contributed by atoms with van der Waals surface area (Å²) in [4.78, 5) is 20.7. The minimum atomic E-state index is -0.794. The molecule has 0 aliphatic carbocycles. The van der Waals surface area contributed by atoms with Crippen LogP contribution in [0.4, 0.5) is 0 Å². The van der Waals surface area contributed by atoms with Crippen LogP contribution in [0.25, 0.3) is 0 Å². The van der Waals surface area contributed by atoms with Gasteiger partial charge in [-0.3, -0.25) is 14.0 Å². The molecule has 5 nitrogen and oxygen atoms in total. The van der Waals surface area contributed by atoms with Gasteiger partial charge < -0.3 is 5.73 Å². The van der Waals surface area contributed by atoms with E-state index >= 15 is 0 Å². The molecule has 0 saturated heterocycles. The van der Waals surface area contributed by atoms with Crippen molar-refractivity contribution in [3.63, 3.8) is 0 Å². The third kappa shape index (κ3) is 0.968. The number of carbonyl (C=O) groups excluding carboxylic acids is 1. The van der Waals surface area contributed by atoms with Crippen LogP contribution >= 0.6 is 11.7 Å². The highest BCUT2D eigenvalue weighted by Crippen LogP contribution is 1.83. The number of primary amides is 1. The maximum absolute atomic E-state index is 10.5. The van der Waals surface area contributed by atoms with Crippen molar-refractivity contribution in [3.05, 3.63) is 16.0 Å². The van der Waals surface area contributed by atoms with Crippen LogP contribution in [0.15, 0.2) is 4.79 Å². The number of nitrogens with zero attached hydrogens (tertiary/aromatic N) is 1. The van der Waals surface area contributed by atoms with E-state index < -0.39 is 11.5 Å². The number of nitrogens with one attached hydrogen (secondary N) is 1. The normalized spacial score (nSPS) is 9.33. The van der Waals surface area contributed by atoms with E-state index in [-0.39, 0.29) is 5.69 Å². The fourth-order valence-corrected chi connectivity index (χ4v) is 0.846. The van der Waals surface area contributed by atoms with E-state index in [4.69, 9.17) is 5.73 Å². The molecule has 0 atom stereocenters. The first kappa shape index (κ1) is 5.96. The van der Waals surface area contributed by atoms with Crippen molar-refractivity contribution in [3.8, 4) is 0 Å². The molecule has 0 unspecified atom stereocenters. The number of aromatic nitrogens is 2. The average molecular weight is 145 g/mol. The van der Waals surface area contributed by atoms with Crippen molar-refractivity contribution < 1.29 is 4.79 Å². The first-order chi connectivity index (χ1) is 4.22. The number of nitrogens with two attached hydrogens (primary N) is 1. The molecular weight excluding hydrogens is 142 g/mol. The molecular formula is C3H3N3O2S. The average Bonchev–Trinajstić information content (AvgIpc) is 2.13. The van der Waals surface area contributed by atoms with E-state index in [1.807, 2.05) is 0 Å². The zero-order valence-electron chi connectivity index (χ0n) is 4.25. The van der Waals surface area contributed by atoms with Crippen LogP contribution in [-0.4, -0.2) is 14.7 Å². The lowest BCUT2D eigenvalue weighted by atomic mass is 10.5. The summed E-state index contributed by atoms with van der Waals surface area (Å²) in [6.45, 7) is 0. The summed E-state index contributed by atoms with van der Waals surface area (Å²) in [5.41, 5.74) is 4.00. The minimum Gasteiger partial charge on any atom is -0.364 e. The van der Waals surface area contributed by atoms with Gasteiger partial charge in [0.25, 0.3) is 11.5 Å². The molecule has 48 valence electrons. The molecule has 0 fully saturated rings. The third-order valence-electron chi connectivity index (χ3n) is 0.724. The van der Waals surface area contributed by atoms with Crippen LogP contribution in [0.2, 0.25) is 0 Å². The molecule has 3 N–H and O–H groups in total. The molecule has 6 heteroatoms. The second-order valence-corrected chi connectivity index (χ2v) is 1.90. The molecule has 0 saturated carbocycles. The largest absolute Gasteiger partial charge is 0.364 e. The fourth-order valence-electron chi connectivity index (χ4n) is 0.357. The van der Waals surface area contributed by atoms with Gasteiger partial charge >= 0.3 is 0 Å². The Labute approximate surface area is 53.8 Å². The molecule has 0 aliphatic heterocycles. The zero-order chi connectivity index (χ0) is 6.85. The topological polar surface area (TPSA) is 88.8 Å². The summed E-state index contributed by atoms with van der Waals surface area (Å²) >= 11 is 0.806. The van der Waals surface area contributed by atoms with E-state index in [0.717, 1.165) is 11.7 Å². The monoisotopic (exact) mass is 145 g/mol. The lowest BCUT2D eigenvalue weighted by molar-refractivity contribution is 0.0995. The van der Waals surface area contributed by atoms with Crippen molar-refractivity contribution >= 4 is 17.6 Å². The Kier molecular flexibility index (Phi) is 1.31. The van der Waals surface area contributed by atoms with Gasteiger partial charge in [0.15, 0.2) is 0 Å². The van der Waals surface area contributed by atoms with Crippen molar-refractivity contribution in [1.29, 1.82) is 0 Å². The zero-order valence-corrected chi connectivity index (χ0v) is 5.07. The maximum Gasteiger partial charge on any atom is 0.291 e. The summed E-state index contributed by atoms with van der Waals surface area (Å²) in [5.74, 6) is -0.794. The van der Waals surface area contributed by atoms with Gasteiger partial charge in [0.2, 0.25) is 5.69 Å². The van der Waals surface area contributed by atoms with Gasteiger partial charge in [-0.25, -0.2) is 0 Å². The SMILES string of the molecule is NC(=O)c1ns[nH]c1=O. The van der Waals surface area contributed by atoms with Crippen LogP contribution in [0.1, 0.15) is 10.5 Å². The van der Waals surface area contributed by atoms with Crippen LogP contribution in [0.3, 0.4) is 0 Å². The van der Waals surface area contributed by atoms with E-state index in [1.165, 1.54) is 0 Å². The predicted octanol–water partition coefficient (Wildman–Crippen LogP) is -1.07. The number of carbonyl (C=O) groups is 1. The summed E-state index contributed by atoms with van der Waals surface area (Å²) < 4.78 is 5.64. The number of H-pyrrole nitrogens is 1. The Balaban J connectivity index is 3.24. The van der Waals surface area contributed by atoms with Crippen molar-refractivity contribution in [2.45, 2.75) is 0 Å². The number of hydrogen-bond acceptors (Lipinski definition) is 4. The second-order valence-electron chi connectivity index (χ2n) is 1.33. The molecule has 0 aromatic carbocycles. The van der Waals surface area contributed by atoms with Crippen LogP contribution in [0, 0.1) is 0 Å². The molecule has 1 rings (SSSR count). The van der Waals surface area contributed by atoms with Gasteiger partial charge in [-0.05, 0) is 0 Å². The fraction of sp³-hybridized carbons (Fsp3) is 0. The molecule has 0 bridgehead atoms. The highest BCUT2D eigenvalue weighted by Gasteiger charge is 2.07. The number of rotatable bonds is 1. The molecule has 1 heterocycles. The van der Waals surface area contributed by atoms with Crippen molar-refractivity contribution in [2.24, 2.45) is 5.73 Å². The summed E-state index contributed by atoms with van der Waals surface area (Å²) in [5, 5.41) is 0. The van der Waals surface area contributed by atoms with Gasteiger partial charge in [-0.1, -0.05) is 0 Å². The first-order valence-corrected chi connectivity index (χ1v) is 2.83. The van der Waals surface area contributed by atoms with Gasteiger partial charge in [0.05, 0.1) is 0 Å². The number of amides is 1. The summed E-state index contributed by atoms with van der Waals surface area (Å²) in [6, 6.07) is 0. The maximum atomic E-state index is 10.5. The molecule has 0 aliphatic rings. The van der Waals surface area contributed by atoms with Crippen LogP contribution in [0.5, 0.6) is 0 Å². The van der Waals surface area contributed by atoms with Gasteiger partial charge in [0, 0.05) is 11.7 Å². The van der Waals surface area contributed by atoms with Crippen molar-refractivity contribution in [1.82, 2.24) is 8.75 Å². The van der Waals surface area contributed by atoms with Crippen molar-refractivity contribution in [2.75, 3.05) is 0 Å². The van der Waals surface area contributed by atoms with E-state index in [9.17, 15) is 9.59 Å². The molecule has 1 aromatic rings. The molecule has 0 radical (unpaired) electrons. The highest BCUT2D eigenvalue weighted by molar-refractivity contribution is 6.99.